The van der Waals surface area contributed by atoms with Crippen molar-refractivity contribution in [3.8, 4) is 0 Å². The molecule has 0 heterocycles. The fourth-order valence-electron chi connectivity index (χ4n) is 2.01. The highest BCUT2D eigenvalue weighted by Gasteiger charge is 2.18. The monoisotopic (exact) mass is 277 g/mol. The molecule has 0 aliphatic heterocycles. The predicted molar refractivity (Wildman–Crippen MR) is 85.8 cm³/mol. The maximum atomic E-state index is 12.3. The van der Waals surface area contributed by atoms with E-state index in [0.29, 0.717) is 17.7 Å². The molecular weight excluding hydrogens is 250 g/mol. The van der Waals surface area contributed by atoms with Gasteiger partial charge >= 0.3 is 0 Å². The summed E-state index contributed by atoms with van der Waals surface area (Å²) in [4.78, 5) is 12.3. The third kappa shape index (κ3) is 5.21. The largest absolute Gasteiger partial charge is 0.397 e. The second-order valence-corrected chi connectivity index (χ2v) is 6.50. The van der Waals surface area contributed by atoms with Crippen molar-refractivity contribution < 1.29 is 4.79 Å². The van der Waals surface area contributed by atoms with Gasteiger partial charge in [-0.05, 0) is 30.0 Å². The van der Waals surface area contributed by atoms with Gasteiger partial charge in [-0.3, -0.25) is 4.79 Å². The molecule has 0 atom stereocenters. The van der Waals surface area contributed by atoms with Crippen molar-refractivity contribution in [3.05, 3.63) is 23.8 Å². The molecule has 0 radical (unpaired) electrons. The number of benzene rings is 1. The highest BCUT2D eigenvalue weighted by molar-refractivity contribution is 5.98. The summed E-state index contributed by atoms with van der Waals surface area (Å²) in [5, 5.41) is 1.98. The molecule has 20 heavy (non-hydrogen) atoms. The molecule has 1 aromatic carbocycles. The van der Waals surface area contributed by atoms with Crippen LogP contribution in [0.15, 0.2) is 18.2 Å². The number of rotatable bonds is 6. The van der Waals surface area contributed by atoms with Crippen molar-refractivity contribution in [1.82, 2.24) is 5.01 Å². The van der Waals surface area contributed by atoms with Gasteiger partial charge in [-0.1, -0.05) is 27.7 Å². The minimum atomic E-state index is -0.00887. The van der Waals surface area contributed by atoms with Crippen LogP contribution in [0.3, 0.4) is 0 Å². The summed E-state index contributed by atoms with van der Waals surface area (Å²) < 4.78 is 0. The zero-order valence-corrected chi connectivity index (χ0v) is 13.3. The van der Waals surface area contributed by atoms with Crippen LogP contribution in [0.4, 0.5) is 11.4 Å². The second kappa shape index (κ2) is 6.75. The van der Waals surface area contributed by atoms with Gasteiger partial charge in [0.1, 0.15) is 0 Å². The summed E-state index contributed by atoms with van der Waals surface area (Å²) in [6, 6.07) is 5.43. The number of nitrogens with two attached hydrogens (primary N) is 1. The third-order valence-electron chi connectivity index (χ3n) is 2.94. The van der Waals surface area contributed by atoms with Crippen LogP contribution < -0.4 is 11.2 Å². The number of hydrogen-bond donors (Lipinski definition) is 2. The van der Waals surface area contributed by atoms with Crippen LogP contribution in [0.5, 0.6) is 0 Å². The van der Waals surface area contributed by atoms with Crippen molar-refractivity contribution in [1.29, 1.82) is 0 Å². The Morgan fingerprint density at radius 1 is 1.35 bits per heavy atom. The summed E-state index contributed by atoms with van der Waals surface area (Å²) in [5.41, 5.74) is 11.3. The minimum absolute atomic E-state index is 0.00887. The van der Waals surface area contributed by atoms with Gasteiger partial charge < -0.3 is 11.2 Å². The molecule has 0 aromatic heterocycles. The Morgan fingerprint density at radius 3 is 2.55 bits per heavy atom. The van der Waals surface area contributed by atoms with Crippen LogP contribution in [0.1, 0.15) is 50.9 Å². The van der Waals surface area contributed by atoms with Gasteiger partial charge in [-0.2, -0.15) is 0 Å². The van der Waals surface area contributed by atoms with Crippen LogP contribution >= 0.6 is 0 Å². The highest BCUT2D eigenvalue weighted by atomic mass is 16.1. The molecule has 0 aliphatic rings. The summed E-state index contributed by atoms with van der Waals surface area (Å²) in [6.07, 6.45) is 1.58. The van der Waals surface area contributed by atoms with Crippen molar-refractivity contribution in [2.24, 2.45) is 5.41 Å². The number of hydrazine groups is 1. The zero-order chi connectivity index (χ0) is 15.3. The Bertz CT molecular complexity index is 463. The Balaban J connectivity index is 2.88. The summed E-state index contributed by atoms with van der Waals surface area (Å²) >= 11 is 0. The van der Waals surface area contributed by atoms with Crippen LogP contribution in [0.25, 0.3) is 0 Å². The maximum absolute atomic E-state index is 12.3. The molecule has 0 saturated carbocycles. The summed E-state index contributed by atoms with van der Waals surface area (Å²) in [7, 11) is 1.96. The first-order chi connectivity index (χ1) is 9.23. The van der Waals surface area contributed by atoms with E-state index in [-0.39, 0.29) is 11.2 Å². The molecule has 0 spiro atoms. The predicted octanol–water partition coefficient (Wildman–Crippen LogP) is 3.56. The number of carbonyl (C=O) groups is 1. The fraction of sp³-hybridized carbons (Fsp3) is 0.562. The lowest BCUT2D eigenvalue weighted by molar-refractivity contribution is 0.0940. The second-order valence-electron chi connectivity index (χ2n) is 6.50. The van der Waals surface area contributed by atoms with E-state index in [9.17, 15) is 4.79 Å². The lowest BCUT2D eigenvalue weighted by Crippen LogP contribution is -2.26. The number of nitrogens with zero attached hydrogens (tertiary/aromatic N) is 1. The first-order valence-corrected chi connectivity index (χ1v) is 7.13. The van der Waals surface area contributed by atoms with Crippen LogP contribution in [0.2, 0.25) is 0 Å². The van der Waals surface area contributed by atoms with Gasteiger partial charge in [-0.15, -0.1) is 0 Å². The van der Waals surface area contributed by atoms with E-state index in [1.165, 1.54) is 0 Å². The first kappa shape index (κ1) is 16.5. The van der Waals surface area contributed by atoms with Crippen LogP contribution in [-0.4, -0.2) is 24.4 Å². The van der Waals surface area contributed by atoms with Crippen molar-refractivity contribution in [2.45, 2.75) is 40.5 Å². The summed E-state index contributed by atoms with van der Waals surface area (Å²) in [6.45, 7) is 9.23. The molecule has 0 amide bonds. The lowest BCUT2D eigenvalue weighted by Gasteiger charge is -2.21. The first-order valence-electron chi connectivity index (χ1n) is 7.13. The number of ketones is 1. The average molecular weight is 277 g/mol. The molecule has 4 heteroatoms. The van der Waals surface area contributed by atoms with E-state index in [1.54, 1.807) is 12.1 Å². The Kier molecular flexibility index (Phi) is 5.57. The van der Waals surface area contributed by atoms with E-state index in [1.807, 2.05) is 18.1 Å². The third-order valence-corrected chi connectivity index (χ3v) is 2.94. The molecule has 0 aliphatic carbocycles. The van der Waals surface area contributed by atoms with Crippen molar-refractivity contribution in [2.75, 3.05) is 24.8 Å². The van der Waals surface area contributed by atoms with Gasteiger partial charge in [0.15, 0.2) is 5.78 Å². The van der Waals surface area contributed by atoms with E-state index < -0.39 is 0 Å². The normalized spacial score (nSPS) is 11.7. The molecule has 1 rings (SSSR count). The van der Waals surface area contributed by atoms with E-state index >= 15 is 0 Å². The number of Topliss-reactive ketones (excluding diaryl/α,β-unsaturated/α-hetero) is 1. The highest BCUT2D eigenvalue weighted by Crippen LogP contribution is 2.25. The van der Waals surface area contributed by atoms with Gasteiger partial charge in [-0.25, -0.2) is 5.01 Å². The number of nitrogen functional groups attached to an aromatic ring is 1. The lowest BCUT2D eigenvalue weighted by atomic mass is 9.88. The number of nitrogens with one attached hydrogen (secondary N) is 1. The maximum Gasteiger partial charge on any atom is 0.163 e. The Morgan fingerprint density at radius 2 is 2.00 bits per heavy atom. The molecule has 0 saturated heterocycles. The van der Waals surface area contributed by atoms with Gasteiger partial charge in [0.05, 0.1) is 11.4 Å². The number of anilines is 2. The van der Waals surface area contributed by atoms with Crippen molar-refractivity contribution in [3.63, 3.8) is 0 Å². The van der Waals surface area contributed by atoms with Gasteiger partial charge in [0.2, 0.25) is 0 Å². The molecular formula is C16H27N3O. The Hall–Kier alpha value is -1.55. The van der Waals surface area contributed by atoms with E-state index in [2.05, 4.69) is 33.1 Å². The summed E-state index contributed by atoms with van der Waals surface area (Å²) in [5.74, 6) is 0.152. The Labute approximate surface area is 122 Å². The molecule has 3 N–H and O–H groups in total. The molecule has 0 bridgehead atoms. The quantitative estimate of drug-likeness (QED) is 0.474. The molecule has 1 aromatic rings. The zero-order valence-electron chi connectivity index (χ0n) is 13.3. The molecule has 112 valence electrons. The average Bonchev–Trinajstić information content (AvgIpc) is 2.30. The topological polar surface area (TPSA) is 58.4 Å². The van der Waals surface area contributed by atoms with Crippen molar-refractivity contribution >= 4 is 17.2 Å². The van der Waals surface area contributed by atoms with Crippen LogP contribution in [-0.2, 0) is 0 Å². The van der Waals surface area contributed by atoms with Gasteiger partial charge in [0, 0.05) is 25.6 Å². The number of hydrogen-bond acceptors (Lipinski definition) is 4. The van der Waals surface area contributed by atoms with E-state index in [0.717, 1.165) is 18.7 Å². The molecule has 0 unspecified atom stereocenters. The van der Waals surface area contributed by atoms with E-state index in [4.69, 9.17) is 5.73 Å². The molecule has 4 nitrogen and oxygen atoms in total. The SMILES string of the molecule is CCCN(C)Nc1cc(C(=O)CC(C)(C)C)ccc1N. The smallest absolute Gasteiger partial charge is 0.163 e. The fourth-order valence-corrected chi connectivity index (χ4v) is 2.01. The molecule has 0 fully saturated rings. The standard InChI is InChI=1S/C16H27N3O/c1-6-9-19(5)18-14-10-12(7-8-13(14)17)15(20)11-16(2,3)4/h7-8,10,18H,6,9,11,17H2,1-5H3. The van der Waals surface area contributed by atoms with Gasteiger partial charge in [0.25, 0.3) is 0 Å². The van der Waals surface area contributed by atoms with Crippen LogP contribution in [0, 0.1) is 5.41 Å². The minimum Gasteiger partial charge on any atom is -0.397 e. The number of carbonyl (C=O) groups excluding carboxylic acids is 1.